The molecule has 1 atom stereocenters. The van der Waals surface area contributed by atoms with Gasteiger partial charge in [0.2, 0.25) is 0 Å². The van der Waals surface area contributed by atoms with E-state index in [1.54, 1.807) is 12.1 Å². The smallest absolute Gasteiger partial charge is 0.389 e. The van der Waals surface area contributed by atoms with Crippen molar-refractivity contribution in [3.63, 3.8) is 0 Å². The van der Waals surface area contributed by atoms with Gasteiger partial charge in [0.05, 0.1) is 12.8 Å². The van der Waals surface area contributed by atoms with Crippen LogP contribution in [0.15, 0.2) is 18.3 Å². The molecule has 1 heterocycles. The number of hydrogen-bond donors (Lipinski definition) is 1. The molecule has 1 aromatic heterocycles. The van der Waals surface area contributed by atoms with Crippen molar-refractivity contribution >= 4 is 0 Å². The van der Waals surface area contributed by atoms with Gasteiger partial charge in [0.1, 0.15) is 5.75 Å². The van der Waals surface area contributed by atoms with Crippen LogP contribution in [0.25, 0.3) is 0 Å². The van der Waals surface area contributed by atoms with Crippen LogP contribution in [0, 0.1) is 0 Å². The number of nitrogens with two attached hydrogens (primary N) is 1. The largest absolute Gasteiger partial charge is 0.492 e. The van der Waals surface area contributed by atoms with Crippen molar-refractivity contribution in [2.75, 3.05) is 6.61 Å². The first-order chi connectivity index (χ1) is 8.37. The van der Waals surface area contributed by atoms with Crippen LogP contribution in [0.1, 0.15) is 25.5 Å². The predicted octanol–water partition coefficient (Wildman–Crippen LogP) is 2.69. The highest BCUT2D eigenvalue weighted by Gasteiger charge is 2.26. The van der Waals surface area contributed by atoms with Crippen molar-refractivity contribution in [3.8, 4) is 5.75 Å². The molecule has 3 nitrogen and oxygen atoms in total. The molecule has 6 heteroatoms. The molecule has 1 unspecified atom stereocenters. The Morgan fingerprint density at radius 2 is 2.11 bits per heavy atom. The van der Waals surface area contributed by atoms with Crippen molar-refractivity contribution in [2.45, 2.75) is 38.4 Å². The third-order valence-electron chi connectivity index (χ3n) is 2.20. The highest BCUT2D eigenvalue weighted by atomic mass is 19.4. The number of aromatic nitrogens is 1. The lowest BCUT2D eigenvalue weighted by molar-refractivity contribution is -0.136. The minimum atomic E-state index is -4.12. The molecule has 2 N–H and O–H groups in total. The lowest BCUT2D eigenvalue weighted by Gasteiger charge is -2.09. The monoisotopic (exact) mass is 262 g/mol. The van der Waals surface area contributed by atoms with Gasteiger partial charge in [-0.1, -0.05) is 0 Å². The van der Waals surface area contributed by atoms with E-state index in [1.807, 2.05) is 6.92 Å². The van der Waals surface area contributed by atoms with E-state index >= 15 is 0 Å². The average molecular weight is 262 g/mol. The zero-order valence-corrected chi connectivity index (χ0v) is 10.2. The second-order valence-corrected chi connectivity index (χ2v) is 4.23. The van der Waals surface area contributed by atoms with Crippen molar-refractivity contribution in [2.24, 2.45) is 5.73 Å². The van der Waals surface area contributed by atoms with Gasteiger partial charge in [-0.05, 0) is 25.5 Å². The maximum atomic E-state index is 11.9. The third kappa shape index (κ3) is 6.44. The quantitative estimate of drug-likeness (QED) is 0.802. The van der Waals surface area contributed by atoms with Crippen LogP contribution in [0.5, 0.6) is 5.75 Å². The van der Waals surface area contributed by atoms with Crippen LogP contribution < -0.4 is 10.5 Å². The van der Waals surface area contributed by atoms with Crippen molar-refractivity contribution in [1.29, 1.82) is 0 Å². The van der Waals surface area contributed by atoms with E-state index in [0.29, 0.717) is 12.2 Å². The molecule has 102 valence electrons. The molecule has 1 aromatic rings. The Kier molecular flexibility index (Phi) is 5.40. The van der Waals surface area contributed by atoms with Gasteiger partial charge in [-0.25, -0.2) is 0 Å². The molecular weight excluding hydrogens is 245 g/mol. The maximum Gasteiger partial charge on any atom is 0.389 e. The molecule has 0 spiro atoms. The molecular formula is C12H17F3N2O. The summed E-state index contributed by atoms with van der Waals surface area (Å²) in [6.07, 6.45) is -2.84. The SMILES string of the molecule is CC(N)Cc1ccc(OCCCC(F)(F)F)cn1. The average Bonchev–Trinajstić information content (AvgIpc) is 2.24. The Labute approximate surface area is 104 Å². The summed E-state index contributed by atoms with van der Waals surface area (Å²) in [5, 5.41) is 0. The summed E-state index contributed by atoms with van der Waals surface area (Å²) in [6, 6.07) is 3.48. The normalized spacial score (nSPS) is 13.4. The first kappa shape index (κ1) is 14.8. The van der Waals surface area contributed by atoms with Crippen LogP contribution in [-0.2, 0) is 6.42 Å². The highest BCUT2D eigenvalue weighted by Crippen LogP contribution is 2.21. The van der Waals surface area contributed by atoms with Crippen LogP contribution in [0.3, 0.4) is 0 Å². The summed E-state index contributed by atoms with van der Waals surface area (Å²) in [6.45, 7) is 1.91. The maximum absolute atomic E-state index is 11.9. The van der Waals surface area contributed by atoms with Gasteiger partial charge >= 0.3 is 6.18 Å². The Bertz CT molecular complexity index is 349. The van der Waals surface area contributed by atoms with Gasteiger partial charge < -0.3 is 10.5 Å². The molecule has 0 aliphatic carbocycles. The Hall–Kier alpha value is -1.30. The van der Waals surface area contributed by atoms with E-state index in [-0.39, 0.29) is 19.1 Å². The Morgan fingerprint density at radius 1 is 1.39 bits per heavy atom. The van der Waals surface area contributed by atoms with E-state index in [4.69, 9.17) is 10.5 Å². The topological polar surface area (TPSA) is 48.1 Å². The molecule has 0 radical (unpaired) electrons. The molecule has 0 aliphatic heterocycles. The van der Waals surface area contributed by atoms with E-state index in [9.17, 15) is 13.2 Å². The number of rotatable bonds is 6. The van der Waals surface area contributed by atoms with Crippen molar-refractivity contribution in [1.82, 2.24) is 4.98 Å². The van der Waals surface area contributed by atoms with Crippen molar-refractivity contribution < 1.29 is 17.9 Å². The molecule has 18 heavy (non-hydrogen) atoms. The van der Waals surface area contributed by atoms with Gasteiger partial charge in [0, 0.05) is 24.6 Å². The second kappa shape index (κ2) is 6.58. The van der Waals surface area contributed by atoms with Crippen molar-refractivity contribution in [3.05, 3.63) is 24.0 Å². The summed E-state index contributed by atoms with van der Waals surface area (Å²) in [5.74, 6) is 0.477. The standard InChI is InChI=1S/C12H17F3N2O/c1-9(16)7-10-3-4-11(8-17-10)18-6-2-5-12(13,14)15/h3-4,8-9H,2,5-7,16H2,1H3. The first-order valence-electron chi connectivity index (χ1n) is 5.77. The second-order valence-electron chi connectivity index (χ2n) is 4.23. The number of halogens is 3. The van der Waals surface area contributed by atoms with Gasteiger partial charge in [-0.3, -0.25) is 4.98 Å². The molecule has 0 saturated heterocycles. The summed E-state index contributed by atoms with van der Waals surface area (Å²) >= 11 is 0. The Morgan fingerprint density at radius 3 is 2.61 bits per heavy atom. The lowest BCUT2D eigenvalue weighted by atomic mass is 10.2. The van der Waals surface area contributed by atoms with Gasteiger partial charge in [0.15, 0.2) is 0 Å². The number of alkyl halides is 3. The zero-order chi connectivity index (χ0) is 13.6. The molecule has 0 aromatic carbocycles. The fourth-order valence-corrected chi connectivity index (χ4v) is 1.41. The number of pyridine rings is 1. The third-order valence-corrected chi connectivity index (χ3v) is 2.20. The minimum absolute atomic E-state index is 0.0241. The number of ether oxygens (including phenoxy) is 1. The summed E-state index contributed by atoms with van der Waals surface area (Å²) in [4.78, 5) is 4.12. The van der Waals surface area contributed by atoms with Gasteiger partial charge in [-0.15, -0.1) is 0 Å². The zero-order valence-electron chi connectivity index (χ0n) is 10.2. The van der Waals surface area contributed by atoms with Crippen LogP contribution >= 0.6 is 0 Å². The van der Waals surface area contributed by atoms with E-state index in [0.717, 1.165) is 5.69 Å². The van der Waals surface area contributed by atoms with E-state index < -0.39 is 12.6 Å². The van der Waals surface area contributed by atoms with Gasteiger partial charge in [-0.2, -0.15) is 13.2 Å². The molecule has 1 rings (SSSR count). The fraction of sp³-hybridized carbons (Fsp3) is 0.583. The Balaban J connectivity index is 2.31. The molecule has 0 fully saturated rings. The minimum Gasteiger partial charge on any atom is -0.492 e. The summed E-state index contributed by atoms with van der Waals surface area (Å²) in [5.41, 5.74) is 6.46. The van der Waals surface area contributed by atoms with E-state index in [1.165, 1.54) is 6.20 Å². The molecule has 0 aliphatic rings. The molecule has 0 amide bonds. The lowest BCUT2D eigenvalue weighted by Crippen LogP contribution is -2.18. The molecule has 0 saturated carbocycles. The number of nitrogens with zero attached hydrogens (tertiary/aromatic N) is 1. The van der Waals surface area contributed by atoms with Crippen LogP contribution in [-0.4, -0.2) is 23.8 Å². The highest BCUT2D eigenvalue weighted by molar-refractivity contribution is 5.20. The summed E-state index contributed by atoms with van der Waals surface area (Å²) in [7, 11) is 0. The fourth-order valence-electron chi connectivity index (χ4n) is 1.41. The van der Waals surface area contributed by atoms with Gasteiger partial charge in [0.25, 0.3) is 0 Å². The first-order valence-corrected chi connectivity index (χ1v) is 5.77. The predicted molar refractivity (Wildman–Crippen MR) is 62.4 cm³/mol. The van der Waals surface area contributed by atoms with Crippen LogP contribution in [0.2, 0.25) is 0 Å². The summed E-state index contributed by atoms with van der Waals surface area (Å²) < 4.78 is 40.8. The van der Waals surface area contributed by atoms with Crippen LogP contribution in [0.4, 0.5) is 13.2 Å². The van der Waals surface area contributed by atoms with E-state index in [2.05, 4.69) is 4.98 Å². The molecule has 0 bridgehead atoms. The number of hydrogen-bond acceptors (Lipinski definition) is 3.